The van der Waals surface area contributed by atoms with Gasteiger partial charge in [-0.2, -0.15) is 0 Å². The molecule has 0 atom stereocenters. The summed E-state index contributed by atoms with van der Waals surface area (Å²) in [6.07, 6.45) is 4.66. The van der Waals surface area contributed by atoms with Crippen molar-refractivity contribution in [3.63, 3.8) is 0 Å². The molecule has 1 aromatic carbocycles. The lowest BCUT2D eigenvalue weighted by Crippen LogP contribution is -1.96. The fraction of sp³-hybridized carbons (Fsp3) is 0.235. The van der Waals surface area contributed by atoms with E-state index in [1.165, 1.54) is 11.1 Å². The van der Waals surface area contributed by atoms with E-state index in [2.05, 4.69) is 63.1 Å². The molecular weight excluding hydrogens is 292 g/mol. The van der Waals surface area contributed by atoms with Gasteiger partial charge in [0.1, 0.15) is 0 Å². The minimum Gasteiger partial charge on any atom is -0.305 e. The van der Waals surface area contributed by atoms with E-state index in [1.54, 1.807) is 11.8 Å². The minimum atomic E-state index is 0.912. The number of rotatable bonds is 5. The molecule has 112 valence electrons. The largest absolute Gasteiger partial charge is 0.305 e. The first-order valence-electron chi connectivity index (χ1n) is 7.22. The van der Waals surface area contributed by atoms with Crippen molar-refractivity contribution in [1.82, 2.24) is 19.7 Å². The summed E-state index contributed by atoms with van der Waals surface area (Å²) >= 11 is 1.73. The fourth-order valence-electron chi connectivity index (χ4n) is 2.29. The van der Waals surface area contributed by atoms with E-state index < -0.39 is 0 Å². The maximum Gasteiger partial charge on any atom is 0.191 e. The number of thioether (sulfide) groups is 1. The first kappa shape index (κ1) is 14.8. The van der Waals surface area contributed by atoms with Gasteiger partial charge in [0, 0.05) is 30.8 Å². The third-order valence-corrected chi connectivity index (χ3v) is 4.50. The Hall–Kier alpha value is -2.14. The highest BCUT2D eigenvalue weighted by Crippen LogP contribution is 2.23. The quantitative estimate of drug-likeness (QED) is 0.676. The van der Waals surface area contributed by atoms with Crippen molar-refractivity contribution < 1.29 is 0 Å². The molecule has 3 aromatic rings. The van der Waals surface area contributed by atoms with Crippen LogP contribution in [-0.4, -0.2) is 25.5 Å². The monoisotopic (exact) mass is 310 g/mol. The third-order valence-electron chi connectivity index (χ3n) is 3.48. The van der Waals surface area contributed by atoms with E-state index in [-0.39, 0.29) is 0 Å². The van der Waals surface area contributed by atoms with E-state index in [4.69, 9.17) is 0 Å². The maximum absolute atomic E-state index is 4.33. The van der Waals surface area contributed by atoms with Crippen molar-refractivity contribution in [2.24, 2.45) is 7.05 Å². The first-order chi connectivity index (χ1) is 10.7. The molecule has 3 rings (SSSR count). The third kappa shape index (κ3) is 3.36. The summed E-state index contributed by atoms with van der Waals surface area (Å²) in [6.45, 7) is 2.09. The number of nitrogens with zero attached hydrogens (tertiary/aromatic N) is 4. The molecule has 22 heavy (non-hydrogen) atoms. The average Bonchev–Trinajstić information content (AvgIpc) is 2.90. The van der Waals surface area contributed by atoms with Crippen LogP contribution in [0.15, 0.2) is 53.9 Å². The normalized spacial score (nSPS) is 10.8. The van der Waals surface area contributed by atoms with E-state index >= 15 is 0 Å². The molecule has 2 heterocycles. The van der Waals surface area contributed by atoms with Crippen molar-refractivity contribution >= 4 is 11.8 Å². The van der Waals surface area contributed by atoms with Crippen LogP contribution in [0.2, 0.25) is 0 Å². The van der Waals surface area contributed by atoms with Gasteiger partial charge in [0.15, 0.2) is 11.0 Å². The van der Waals surface area contributed by atoms with Crippen molar-refractivity contribution in [2.45, 2.75) is 18.5 Å². The SMILES string of the molecule is Cc1cccc(-c2nnc(SCCc3ccncc3)n2C)c1. The number of aromatic nitrogens is 4. The van der Waals surface area contributed by atoms with Crippen LogP contribution in [0.3, 0.4) is 0 Å². The number of hydrogen-bond acceptors (Lipinski definition) is 4. The number of hydrogen-bond donors (Lipinski definition) is 0. The molecule has 2 aromatic heterocycles. The Labute approximate surface area is 134 Å². The molecule has 0 aliphatic heterocycles. The molecule has 4 nitrogen and oxygen atoms in total. The highest BCUT2D eigenvalue weighted by atomic mass is 32.2. The highest BCUT2D eigenvalue weighted by Gasteiger charge is 2.11. The Bertz CT molecular complexity index is 752. The lowest BCUT2D eigenvalue weighted by atomic mass is 10.1. The van der Waals surface area contributed by atoms with Gasteiger partial charge in [-0.3, -0.25) is 4.98 Å². The topological polar surface area (TPSA) is 43.6 Å². The van der Waals surface area contributed by atoms with Gasteiger partial charge in [-0.1, -0.05) is 35.5 Å². The predicted molar refractivity (Wildman–Crippen MR) is 89.8 cm³/mol. The second-order valence-electron chi connectivity index (χ2n) is 5.19. The van der Waals surface area contributed by atoms with Crippen LogP contribution in [0.1, 0.15) is 11.1 Å². The summed E-state index contributed by atoms with van der Waals surface area (Å²) in [5.41, 5.74) is 3.63. The van der Waals surface area contributed by atoms with Gasteiger partial charge < -0.3 is 4.57 Å². The zero-order valence-corrected chi connectivity index (χ0v) is 13.5. The molecule has 0 spiro atoms. The fourth-order valence-corrected chi connectivity index (χ4v) is 3.18. The van der Waals surface area contributed by atoms with Gasteiger partial charge in [-0.15, -0.1) is 10.2 Å². The molecule has 0 saturated carbocycles. The van der Waals surface area contributed by atoms with Gasteiger partial charge in [-0.05, 0) is 37.1 Å². The number of benzene rings is 1. The first-order valence-corrected chi connectivity index (χ1v) is 8.21. The van der Waals surface area contributed by atoms with E-state index in [9.17, 15) is 0 Å². The average molecular weight is 310 g/mol. The van der Waals surface area contributed by atoms with Crippen molar-refractivity contribution in [3.8, 4) is 11.4 Å². The van der Waals surface area contributed by atoms with Gasteiger partial charge in [0.05, 0.1) is 0 Å². The summed E-state index contributed by atoms with van der Waals surface area (Å²) in [7, 11) is 2.02. The second kappa shape index (κ2) is 6.75. The molecule has 0 aliphatic carbocycles. The predicted octanol–water partition coefficient (Wildman–Crippen LogP) is 3.52. The summed E-state index contributed by atoms with van der Waals surface area (Å²) in [5.74, 6) is 1.89. The molecule has 0 unspecified atom stereocenters. The Kier molecular flexibility index (Phi) is 4.53. The van der Waals surface area contributed by atoms with Crippen LogP contribution in [-0.2, 0) is 13.5 Å². The molecule has 0 N–H and O–H groups in total. The van der Waals surface area contributed by atoms with Crippen molar-refractivity contribution in [3.05, 3.63) is 59.9 Å². The molecule has 5 heteroatoms. The lowest BCUT2D eigenvalue weighted by Gasteiger charge is -2.04. The summed E-state index contributed by atoms with van der Waals surface area (Å²) in [5, 5.41) is 9.60. The zero-order valence-electron chi connectivity index (χ0n) is 12.7. The van der Waals surface area contributed by atoms with Gasteiger partial charge in [0.25, 0.3) is 0 Å². The minimum absolute atomic E-state index is 0.912. The molecule has 0 aliphatic rings. The summed E-state index contributed by atoms with van der Waals surface area (Å²) < 4.78 is 2.06. The number of aryl methyl sites for hydroxylation is 2. The van der Waals surface area contributed by atoms with Crippen molar-refractivity contribution in [1.29, 1.82) is 0 Å². The van der Waals surface area contributed by atoms with Gasteiger partial charge >= 0.3 is 0 Å². The standard InChI is InChI=1S/C17H18N4S/c1-13-4-3-5-15(12-13)16-19-20-17(21(16)2)22-11-8-14-6-9-18-10-7-14/h3-7,9-10,12H,8,11H2,1-2H3. The van der Waals surface area contributed by atoms with E-state index in [0.29, 0.717) is 0 Å². The molecule has 0 saturated heterocycles. The van der Waals surface area contributed by atoms with Crippen LogP contribution < -0.4 is 0 Å². The summed E-state index contributed by atoms with van der Waals surface area (Å²) in [4.78, 5) is 4.04. The van der Waals surface area contributed by atoms with Crippen molar-refractivity contribution in [2.75, 3.05) is 5.75 Å². The van der Waals surface area contributed by atoms with Crippen LogP contribution in [0.5, 0.6) is 0 Å². The Morgan fingerprint density at radius 2 is 1.91 bits per heavy atom. The lowest BCUT2D eigenvalue weighted by molar-refractivity contribution is 0.793. The van der Waals surface area contributed by atoms with Crippen LogP contribution >= 0.6 is 11.8 Å². The zero-order chi connectivity index (χ0) is 15.4. The highest BCUT2D eigenvalue weighted by molar-refractivity contribution is 7.99. The molecular formula is C17H18N4S. The van der Waals surface area contributed by atoms with Crippen LogP contribution in [0.25, 0.3) is 11.4 Å². The maximum atomic E-state index is 4.33. The molecule has 0 amide bonds. The Morgan fingerprint density at radius 1 is 1.09 bits per heavy atom. The molecule has 0 fully saturated rings. The smallest absolute Gasteiger partial charge is 0.191 e. The molecule has 0 radical (unpaired) electrons. The number of pyridine rings is 1. The van der Waals surface area contributed by atoms with E-state index in [0.717, 1.165) is 28.7 Å². The van der Waals surface area contributed by atoms with Crippen LogP contribution in [0.4, 0.5) is 0 Å². The van der Waals surface area contributed by atoms with Crippen LogP contribution in [0, 0.1) is 6.92 Å². The van der Waals surface area contributed by atoms with Gasteiger partial charge in [0.2, 0.25) is 0 Å². The Balaban J connectivity index is 1.68. The second-order valence-corrected chi connectivity index (χ2v) is 6.25. The Morgan fingerprint density at radius 3 is 2.68 bits per heavy atom. The molecule has 0 bridgehead atoms. The van der Waals surface area contributed by atoms with Gasteiger partial charge in [-0.25, -0.2) is 0 Å². The summed E-state index contributed by atoms with van der Waals surface area (Å²) in [6, 6.07) is 12.4. The van der Waals surface area contributed by atoms with E-state index in [1.807, 2.05) is 19.4 Å².